The van der Waals surface area contributed by atoms with Crippen molar-refractivity contribution in [1.29, 1.82) is 0 Å². The second kappa shape index (κ2) is 13.7. The van der Waals surface area contributed by atoms with Gasteiger partial charge in [0.2, 0.25) is 0 Å². The second-order valence-electron chi connectivity index (χ2n) is 11.4. The van der Waals surface area contributed by atoms with Gasteiger partial charge in [-0.15, -0.1) is 0 Å². The minimum absolute atomic E-state index is 0.0542. The number of aryl methyl sites for hydroxylation is 3. The van der Waals surface area contributed by atoms with Crippen molar-refractivity contribution in [3.05, 3.63) is 100 Å². The van der Waals surface area contributed by atoms with Crippen molar-refractivity contribution >= 4 is 5.91 Å². The zero-order chi connectivity index (χ0) is 28.6. The second-order valence-corrected chi connectivity index (χ2v) is 11.4. The maximum atomic E-state index is 13.0. The van der Waals surface area contributed by atoms with E-state index in [1.165, 1.54) is 0 Å². The van der Waals surface area contributed by atoms with Crippen molar-refractivity contribution in [1.82, 2.24) is 10.6 Å². The molecule has 0 bridgehead atoms. The molecular formula is C33H44N2O4. The highest BCUT2D eigenvalue weighted by atomic mass is 16.5. The fourth-order valence-electron chi connectivity index (χ4n) is 4.81. The van der Waals surface area contributed by atoms with Crippen LogP contribution < -0.4 is 15.4 Å². The molecule has 3 atom stereocenters. The van der Waals surface area contributed by atoms with Gasteiger partial charge in [0, 0.05) is 17.1 Å². The first-order valence-electron chi connectivity index (χ1n) is 13.7. The van der Waals surface area contributed by atoms with E-state index in [-0.39, 0.29) is 18.1 Å². The molecule has 0 fully saturated rings. The molecule has 4 N–H and O–H groups in total. The summed E-state index contributed by atoms with van der Waals surface area (Å²) in [5, 5.41) is 28.4. The lowest BCUT2D eigenvalue weighted by Crippen LogP contribution is -2.49. The Hall–Kier alpha value is -3.19. The van der Waals surface area contributed by atoms with E-state index in [1.54, 1.807) is 0 Å². The van der Waals surface area contributed by atoms with E-state index in [2.05, 4.69) is 10.6 Å². The summed E-state index contributed by atoms with van der Waals surface area (Å²) in [5.74, 6) is 0.646. The van der Waals surface area contributed by atoms with Gasteiger partial charge in [0.1, 0.15) is 18.6 Å². The zero-order valence-corrected chi connectivity index (χ0v) is 24.1. The lowest BCUT2D eigenvalue weighted by atomic mass is 9.92. The molecule has 6 nitrogen and oxygen atoms in total. The van der Waals surface area contributed by atoms with Crippen molar-refractivity contribution in [2.75, 3.05) is 6.61 Å². The molecule has 0 aliphatic carbocycles. The molecule has 39 heavy (non-hydrogen) atoms. The standard InChI is InChI=1S/C33H44N2O4/c1-22-12-11-17-27(32(38)35-33(4,5)6)26(22)18-19-29(36)28(20-25-15-8-7-9-16-25)34-30(37)21-39-31-23(2)13-10-14-24(31)3/h7-17,28-30,34,36-37H,18-21H2,1-6H3,(H,35,38). The molecule has 0 spiro atoms. The van der Waals surface area contributed by atoms with Gasteiger partial charge >= 0.3 is 0 Å². The Balaban J connectivity index is 1.72. The summed E-state index contributed by atoms with van der Waals surface area (Å²) in [5.41, 5.74) is 5.29. The van der Waals surface area contributed by atoms with Crippen LogP contribution in [0.1, 0.15) is 65.4 Å². The van der Waals surface area contributed by atoms with Crippen molar-refractivity contribution in [3.63, 3.8) is 0 Å². The summed E-state index contributed by atoms with van der Waals surface area (Å²) in [7, 11) is 0. The Morgan fingerprint density at radius 3 is 2.13 bits per heavy atom. The molecule has 3 unspecified atom stereocenters. The quantitative estimate of drug-likeness (QED) is 0.246. The van der Waals surface area contributed by atoms with Gasteiger partial charge < -0.3 is 20.3 Å². The molecule has 3 aromatic carbocycles. The summed E-state index contributed by atoms with van der Waals surface area (Å²) in [6, 6.07) is 21.1. The highest BCUT2D eigenvalue weighted by Gasteiger charge is 2.25. The number of hydrogen-bond donors (Lipinski definition) is 4. The minimum atomic E-state index is -0.973. The van der Waals surface area contributed by atoms with Crippen LogP contribution in [0.3, 0.4) is 0 Å². The number of carbonyl (C=O) groups is 1. The number of aliphatic hydroxyl groups excluding tert-OH is 2. The van der Waals surface area contributed by atoms with Gasteiger partial charge in [-0.05, 0) is 94.7 Å². The van der Waals surface area contributed by atoms with Crippen molar-refractivity contribution < 1.29 is 19.7 Å². The van der Waals surface area contributed by atoms with Gasteiger partial charge in [-0.3, -0.25) is 10.1 Å². The number of aliphatic hydroxyl groups is 2. The molecule has 0 aromatic heterocycles. The molecule has 6 heteroatoms. The molecule has 210 valence electrons. The van der Waals surface area contributed by atoms with E-state index < -0.39 is 18.4 Å². The first kappa shape index (κ1) is 30.4. The molecule has 0 aliphatic heterocycles. The smallest absolute Gasteiger partial charge is 0.251 e. The van der Waals surface area contributed by atoms with E-state index in [4.69, 9.17) is 4.74 Å². The van der Waals surface area contributed by atoms with Crippen molar-refractivity contribution in [2.45, 2.75) is 84.7 Å². The van der Waals surface area contributed by atoms with Gasteiger partial charge in [-0.2, -0.15) is 0 Å². The summed E-state index contributed by atoms with van der Waals surface area (Å²) < 4.78 is 5.95. The molecular weight excluding hydrogens is 488 g/mol. The fourth-order valence-corrected chi connectivity index (χ4v) is 4.81. The third kappa shape index (κ3) is 9.20. The summed E-state index contributed by atoms with van der Waals surface area (Å²) in [6.07, 6.45) is -0.247. The third-order valence-corrected chi connectivity index (χ3v) is 6.80. The maximum Gasteiger partial charge on any atom is 0.251 e. The monoisotopic (exact) mass is 532 g/mol. The number of amides is 1. The SMILES string of the molecule is Cc1cccc(C(=O)NC(C)(C)C)c1CCC(O)C(Cc1ccccc1)NC(O)COc1c(C)cccc1C. The summed E-state index contributed by atoms with van der Waals surface area (Å²) in [4.78, 5) is 13.0. The topological polar surface area (TPSA) is 90.8 Å². The number of hydrogen-bond acceptors (Lipinski definition) is 5. The highest BCUT2D eigenvalue weighted by Crippen LogP contribution is 2.23. The Kier molecular flexibility index (Phi) is 10.7. The average Bonchev–Trinajstić information content (AvgIpc) is 2.86. The molecule has 0 radical (unpaired) electrons. The van der Waals surface area contributed by atoms with Gasteiger partial charge in [-0.1, -0.05) is 60.7 Å². The van der Waals surface area contributed by atoms with E-state index >= 15 is 0 Å². The molecule has 0 saturated heterocycles. The Morgan fingerprint density at radius 2 is 1.49 bits per heavy atom. The third-order valence-electron chi connectivity index (χ3n) is 6.80. The predicted octanol–water partition coefficient (Wildman–Crippen LogP) is 5.03. The van der Waals surface area contributed by atoms with Gasteiger partial charge in [0.15, 0.2) is 0 Å². The number of rotatable bonds is 12. The normalized spacial score (nSPS) is 13.9. The zero-order valence-electron chi connectivity index (χ0n) is 24.1. The first-order chi connectivity index (χ1) is 18.4. The van der Waals surface area contributed by atoms with Crippen LogP contribution in [0.4, 0.5) is 0 Å². The highest BCUT2D eigenvalue weighted by molar-refractivity contribution is 5.96. The van der Waals surface area contributed by atoms with E-state index in [1.807, 2.05) is 108 Å². The predicted molar refractivity (Wildman–Crippen MR) is 157 cm³/mol. The maximum absolute atomic E-state index is 13.0. The van der Waals surface area contributed by atoms with Gasteiger partial charge in [-0.25, -0.2) is 0 Å². The van der Waals surface area contributed by atoms with E-state index in [0.29, 0.717) is 24.8 Å². The number of carbonyl (C=O) groups excluding carboxylic acids is 1. The first-order valence-corrected chi connectivity index (χ1v) is 13.7. The number of para-hydroxylation sites is 1. The van der Waals surface area contributed by atoms with Crippen LogP contribution in [0.15, 0.2) is 66.7 Å². The molecule has 0 saturated carbocycles. The minimum Gasteiger partial charge on any atom is -0.489 e. The molecule has 0 heterocycles. The fraction of sp³-hybridized carbons (Fsp3) is 0.424. The number of benzene rings is 3. The van der Waals surface area contributed by atoms with Crippen molar-refractivity contribution in [2.24, 2.45) is 0 Å². The van der Waals surface area contributed by atoms with Gasteiger partial charge in [0.25, 0.3) is 5.91 Å². The van der Waals surface area contributed by atoms with Crippen molar-refractivity contribution in [3.8, 4) is 5.75 Å². The van der Waals surface area contributed by atoms with Crippen LogP contribution >= 0.6 is 0 Å². The molecule has 3 aromatic rings. The number of nitrogens with one attached hydrogen (secondary N) is 2. The lowest BCUT2D eigenvalue weighted by Gasteiger charge is -2.28. The van der Waals surface area contributed by atoms with Crippen LogP contribution in [0, 0.1) is 20.8 Å². The summed E-state index contributed by atoms with van der Waals surface area (Å²) in [6.45, 7) is 11.9. The van der Waals surface area contributed by atoms with Crippen LogP contribution in [-0.4, -0.2) is 46.6 Å². The molecule has 1 amide bonds. The van der Waals surface area contributed by atoms with E-state index in [0.717, 1.165) is 33.6 Å². The Morgan fingerprint density at radius 1 is 0.872 bits per heavy atom. The van der Waals surface area contributed by atoms with Crippen LogP contribution in [0.2, 0.25) is 0 Å². The Labute approximate surface area is 233 Å². The molecule has 3 rings (SSSR count). The molecule has 0 aliphatic rings. The lowest BCUT2D eigenvalue weighted by molar-refractivity contribution is 0.0340. The Bertz CT molecular complexity index is 1200. The average molecular weight is 533 g/mol. The summed E-state index contributed by atoms with van der Waals surface area (Å²) >= 11 is 0. The van der Waals surface area contributed by atoms with Crippen LogP contribution in [-0.2, 0) is 12.8 Å². The van der Waals surface area contributed by atoms with Crippen LogP contribution in [0.5, 0.6) is 5.75 Å². The van der Waals surface area contributed by atoms with Crippen LogP contribution in [0.25, 0.3) is 0 Å². The van der Waals surface area contributed by atoms with E-state index in [9.17, 15) is 15.0 Å². The largest absolute Gasteiger partial charge is 0.489 e. The van der Waals surface area contributed by atoms with Gasteiger partial charge in [0.05, 0.1) is 6.10 Å². The number of ether oxygens (including phenoxy) is 1.